The molecule has 0 aliphatic heterocycles. The molecule has 1 aromatic heterocycles. The topological polar surface area (TPSA) is 84.6 Å². The maximum absolute atomic E-state index is 11.7. The lowest BCUT2D eigenvalue weighted by molar-refractivity contribution is -0.122. The van der Waals surface area contributed by atoms with Gasteiger partial charge >= 0.3 is 0 Å². The van der Waals surface area contributed by atoms with E-state index in [1.807, 2.05) is 13.8 Å². The van der Waals surface area contributed by atoms with Crippen molar-refractivity contribution in [1.29, 1.82) is 0 Å². The Morgan fingerprint density at radius 2 is 2.28 bits per heavy atom. The maximum Gasteiger partial charge on any atom is 0.220 e. The highest BCUT2D eigenvalue weighted by Crippen LogP contribution is 2.14. The van der Waals surface area contributed by atoms with Crippen LogP contribution in [0.4, 0.5) is 0 Å². The monoisotopic (exact) mass is 256 g/mol. The summed E-state index contributed by atoms with van der Waals surface area (Å²) in [6.07, 6.45) is 0.918. The molecule has 1 atom stereocenters. The number of aryl methyl sites for hydroxylation is 2. The zero-order valence-corrected chi connectivity index (χ0v) is 11.0. The van der Waals surface area contributed by atoms with Crippen molar-refractivity contribution in [1.82, 2.24) is 10.5 Å². The molecular weight excluding hydrogens is 236 g/mol. The van der Waals surface area contributed by atoms with Gasteiger partial charge < -0.3 is 19.7 Å². The van der Waals surface area contributed by atoms with Crippen molar-refractivity contribution in [3.63, 3.8) is 0 Å². The summed E-state index contributed by atoms with van der Waals surface area (Å²) in [5.41, 5.74) is 1.79. The molecule has 6 nitrogen and oxygen atoms in total. The number of carbonyl (C=O) groups excluding carboxylic acids is 1. The Hall–Kier alpha value is -1.40. The van der Waals surface area contributed by atoms with E-state index in [4.69, 9.17) is 14.4 Å². The molecule has 1 rings (SSSR count). The van der Waals surface area contributed by atoms with Gasteiger partial charge in [0.1, 0.15) is 5.76 Å². The van der Waals surface area contributed by atoms with Gasteiger partial charge in [0.2, 0.25) is 5.91 Å². The minimum atomic E-state index is -0.354. The Morgan fingerprint density at radius 3 is 2.78 bits per heavy atom. The number of aliphatic hydroxyl groups is 1. The highest BCUT2D eigenvalue weighted by atomic mass is 16.5. The molecule has 1 heterocycles. The smallest absolute Gasteiger partial charge is 0.220 e. The van der Waals surface area contributed by atoms with Gasteiger partial charge in [-0.25, -0.2) is 0 Å². The van der Waals surface area contributed by atoms with Crippen LogP contribution in [0, 0.1) is 13.8 Å². The third-order valence-corrected chi connectivity index (χ3v) is 2.74. The predicted molar refractivity (Wildman–Crippen MR) is 65.2 cm³/mol. The fourth-order valence-corrected chi connectivity index (χ4v) is 1.74. The van der Waals surface area contributed by atoms with Crippen molar-refractivity contribution >= 4 is 5.91 Å². The summed E-state index contributed by atoms with van der Waals surface area (Å²) in [4.78, 5) is 11.7. The second kappa shape index (κ2) is 7.13. The van der Waals surface area contributed by atoms with Crippen LogP contribution >= 0.6 is 0 Å². The molecule has 0 saturated heterocycles. The quantitative estimate of drug-likeness (QED) is 0.735. The van der Waals surface area contributed by atoms with Gasteiger partial charge in [-0.1, -0.05) is 5.16 Å². The molecule has 6 heteroatoms. The van der Waals surface area contributed by atoms with Gasteiger partial charge in [-0.15, -0.1) is 0 Å². The number of hydrogen-bond acceptors (Lipinski definition) is 5. The van der Waals surface area contributed by atoms with Crippen LogP contribution in [0.2, 0.25) is 0 Å². The highest BCUT2D eigenvalue weighted by molar-refractivity contribution is 5.76. The molecule has 0 spiro atoms. The van der Waals surface area contributed by atoms with Gasteiger partial charge in [-0.3, -0.25) is 4.79 Å². The summed E-state index contributed by atoms with van der Waals surface area (Å²) in [6.45, 7) is 3.85. The van der Waals surface area contributed by atoms with Crippen LogP contribution < -0.4 is 5.32 Å². The highest BCUT2D eigenvalue weighted by Gasteiger charge is 2.14. The second-order valence-electron chi connectivity index (χ2n) is 4.21. The number of methoxy groups -OCH3 is 1. The molecule has 0 fully saturated rings. The van der Waals surface area contributed by atoms with E-state index in [0.717, 1.165) is 17.0 Å². The van der Waals surface area contributed by atoms with Crippen LogP contribution in [0.5, 0.6) is 0 Å². The van der Waals surface area contributed by atoms with Gasteiger partial charge in [0.25, 0.3) is 0 Å². The zero-order valence-electron chi connectivity index (χ0n) is 11.0. The number of nitrogens with one attached hydrogen (secondary N) is 1. The van der Waals surface area contributed by atoms with Crippen LogP contribution in [0.1, 0.15) is 23.4 Å². The van der Waals surface area contributed by atoms with E-state index in [2.05, 4.69) is 10.5 Å². The Morgan fingerprint density at radius 1 is 1.56 bits per heavy atom. The molecule has 0 radical (unpaired) electrons. The molecule has 102 valence electrons. The average molecular weight is 256 g/mol. The fraction of sp³-hybridized carbons (Fsp3) is 0.667. The van der Waals surface area contributed by atoms with Gasteiger partial charge in [0.15, 0.2) is 0 Å². The first-order chi connectivity index (χ1) is 8.58. The number of carbonyl (C=O) groups is 1. The third kappa shape index (κ3) is 4.12. The molecule has 1 aromatic rings. The van der Waals surface area contributed by atoms with Crippen molar-refractivity contribution in [2.24, 2.45) is 0 Å². The van der Waals surface area contributed by atoms with E-state index in [1.165, 1.54) is 7.11 Å². The molecule has 0 aromatic carbocycles. The molecule has 0 bridgehead atoms. The van der Waals surface area contributed by atoms with Crippen molar-refractivity contribution in [2.45, 2.75) is 32.7 Å². The maximum atomic E-state index is 11.7. The summed E-state index contributed by atoms with van der Waals surface area (Å²) in [6, 6.07) is -0.354. The molecule has 0 saturated carbocycles. The number of ether oxygens (including phenoxy) is 1. The van der Waals surface area contributed by atoms with Crippen LogP contribution in [0.3, 0.4) is 0 Å². The lowest BCUT2D eigenvalue weighted by Gasteiger charge is -2.14. The van der Waals surface area contributed by atoms with E-state index in [9.17, 15) is 4.79 Å². The summed E-state index contributed by atoms with van der Waals surface area (Å²) in [7, 11) is 1.53. The first-order valence-corrected chi connectivity index (χ1v) is 5.89. The predicted octanol–water partition coefficient (Wildman–Crippen LogP) is 0.348. The largest absolute Gasteiger partial charge is 0.394 e. The van der Waals surface area contributed by atoms with Crippen LogP contribution in [0.25, 0.3) is 0 Å². The molecule has 18 heavy (non-hydrogen) atoms. The first-order valence-electron chi connectivity index (χ1n) is 5.89. The standard InChI is InChI=1S/C12H20N2O4/c1-8-11(9(2)18-14-8)4-5-12(16)13-10(6-15)7-17-3/h10,15H,4-7H2,1-3H3,(H,13,16). The Balaban J connectivity index is 2.41. The number of nitrogens with zero attached hydrogens (tertiary/aromatic N) is 1. The number of rotatable bonds is 7. The normalized spacial score (nSPS) is 12.4. The Labute approximate surface area is 106 Å². The molecule has 2 N–H and O–H groups in total. The molecule has 1 unspecified atom stereocenters. The number of aliphatic hydroxyl groups excluding tert-OH is 1. The van der Waals surface area contributed by atoms with Crippen molar-refractivity contribution in [2.75, 3.05) is 20.3 Å². The van der Waals surface area contributed by atoms with Gasteiger partial charge in [-0.05, 0) is 20.3 Å². The summed E-state index contributed by atoms with van der Waals surface area (Å²) in [5, 5.41) is 15.6. The summed E-state index contributed by atoms with van der Waals surface area (Å²) < 4.78 is 9.91. The fourth-order valence-electron chi connectivity index (χ4n) is 1.74. The minimum Gasteiger partial charge on any atom is -0.394 e. The Bertz CT molecular complexity index is 370. The average Bonchev–Trinajstić information content (AvgIpc) is 2.66. The summed E-state index contributed by atoms with van der Waals surface area (Å²) in [5.74, 6) is 0.627. The first kappa shape index (κ1) is 14.7. The van der Waals surface area contributed by atoms with Crippen LogP contribution in [0.15, 0.2) is 4.52 Å². The molecular formula is C12H20N2O4. The van der Waals surface area contributed by atoms with Gasteiger partial charge in [0.05, 0.1) is 24.9 Å². The van der Waals surface area contributed by atoms with Crippen molar-refractivity contribution < 1.29 is 19.2 Å². The van der Waals surface area contributed by atoms with Crippen molar-refractivity contribution in [3.8, 4) is 0 Å². The zero-order chi connectivity index (χ0) is 13.5. The molecule has 1 amide bonds. The molecule has 0 aliphatic rings. The Kier molecular flexibility index (Phi) is 5.80. The lowest BCUT2D eigenvalue weighted by Crippen LogP contribution is -2.40. The lowest BCUT2D eigenvalue weighted by atomic mass is 10.1. The number of hydrogen-bond donors (Lipinski definition) is 2. The number of aromatic nitrogens is 1. The van der Waals surface area contributed by atoms with E-state index in [1.54, 1.807) is 0 Å². The van der Waals surface area contributed by atoms with Gasteiger partial charge in [-0.2, -0.15) is 0 Å². The number of amides is 1. The third-order valence-electron chi connectivity index (χ3n) is 2.74. The van der Waals surface area contributed by atoms with E-state index in [0.29, 0.717) is 19.4 Å². The van der Waals surface area contributed by atoms with Crippen molar-refractivity contribution in [3.05, 3.63) is 17.0 Å². The molecule has 0 aliphatic carbocycles. The van der Waals surface area contributed by atoms with Crippen LogP contribution in [-0.4, -0.2) is 42.5 Å². The van der Waals surface area contributed by atoms with Gasteiger partial charge in [0, 0.05) is 19.1 Å². The SMILES string of the molecule is COCC(CO)NC(=O)CCc1c(C)noc1C. The minimum absolute atomic E-state index is 0.119. The van der Waals surface area contributed by atoms with E-state index in [-0.39, 0.29) is 18.6 Å². The van der Waals surface area contributed by atoms with E-state index >= 15 is 0 Å². The van der Waals surface area contributed by atoms with Crippen LogP contribution in [-0.2, 0) is 16.0 Å². The summed E-state index contributed by atoms with van der Waals surface area (Å²) >= 11 is 0. The second-order valence-corrected chi connectivity index (χ2v) is 4.21. The van der Waals surface area contributed by atoms with E-state index < -0.39 is 0 Å².